The number of hydrogen-bond donors (Lipinski definition) is 0. The zero-order valence-corrected chi connectivity index (χ0v) is 13.4. The maximum absolute atomic E-state index is 11.0. The van der Waals surface area contributed by atoms with Gasteiger partial charge in [-0.2, -0.15) is 5.10 Å². The van der Waals surface area contributed by atoms with Crippen molar-refractivity contribution in [3.8, 4) is 0 Å². The number of fused-ring (bicyclic) bond motifs is 1. The number of carbonyl (C=O) groups is 1. The summed E-state index contributed by atoms with van der Waals surface area (Å²) in [6.45, 7) is 4.53. The predicted octanol–water partition coefficient (Wildman–Crippen LogP) is 3.58. The summed E-state index contributed by atoms with van der Waals surface area (Å²) in [5.74, 6) is 0. The monoisotopic (exact) mass is 308 g/mol. The third kappa shape index (κ3) is 3.48. The molecule has 0 aliphatic rings. The Kier molecular flexibility index (Phi) is 4.26. The van der Waals surface area contributed by atoms with Gasteiger partial charge in [0.2, 0.25) is 0 Å². The molecule has 23 heavy (non-hydrogen) atoms. The Hall–Kier alpha value is -2.46. The normalized spacial score (nSPS) is 11.7. The second kappa shape index (κ2) is 6.34. The molecule has 0 spiro atoms. The van der Waals surface area contributed by atoms with E-state index in [2.05, 4.69) is 18.2 Å². The number of hydrogen-bond acceptors (Lipinski definition) is 3. The summed E-state index contributed by atoms with van der Waals surface area (Å²) in [6.07, 6.45) is 0.816. The van der Waals surface area contributed by atoms with Crippen LogP contribution in [0.15, 0.2) is 54.6 Å². The highest BCUT2D eigenvalue weighted by molar-refractivity contribution is 5.82. The van der Waals surface area contributed by atoms with Crippen LogP contribution in [0.5, 0.6) is 0 Å². The summed E-state index contributed by atoms with van der Waals surface area (Å²) < 4.78 is 7.68. The van der Waals surface area contributed by atoms with E-state index in [-0.39, 0.29) is 0 Å². The fourth-order valence-corrected chi connectivity index (χ4v) is 2.47. The molecule has 0 amide bonds. The van der Waals surface area contributed by atoms with E-state index in [9.17, 15) is 4.79 Å². The molecule has 0 unspecified atom stereocenters. The number of aldehydes is 1. The molecule has 0 aliphatic heterocycles. The van der Waals surface area contributed by atoms with Gasteiger partial charge < -0.3 is 9.53 Å². The van der Waals surface area contributed by atoms with Gasteiger partial charge in [0.05, 0.1) is 24.4 Å². The van der Waals surface area contributed by atoms with Crippen LogP contribution >= 0.6 is 0 Å². The van der Waals surface area contributed by atoms with Crippen LogP contribution in [0, 0.1) is 0 Å². The van der Waals surface area contributed by atoms with Gasteiger partial charge in [-0.15, -0.1) is 0 Å². The first-order chi connectivity index (χ1) is 11.1. The van der Waals surface area contributed by atoms with E-state index >= 15 is 0 Å². The summed E-state index contributed by atoms with van der Waals surface area (Å²) in [4.78, 5) is 11.0. The highest BCUT2D eigenvalue weighted by Gasteiger charge is 2.19. The average Bonchev–Trinajstić information content (AvgIpc) is 2.92. The highest BCUT2D eigenvalue weighted by Crippen LogP contribution is 2.21. The fourth-order valence-electron chi connectivity index (χ4n) is 2.47. The second-order valence-electron chi connectivity index (χ2n) is 6.12. The van der Waals surface area contributed by atoms with Crippen molar-refractivity contribution in [2.75, 3.05) is 0 Å². The van der Waals surface area contributed by atoms with Crippen molar-refractivity contribution >= 4 is 17.2 Å². The molecule has 3 rings (SSSR count). The largest absolute Gasteiger partial charge is 0.362 e. The van der Waals surface area contributed by atoms with Crippen molar-refractivity contribution in [1.29, 1.82) is 0 Å². The first-order valence-corrected chi connectivity index (χ1v) is 7.68. The zero-order chi connectivity index (χ0) is 16.3. The number of nitrogens with zero attached hydrogens (tertiary/aromatic N) is 2. The molecule has 2 aromatic carbocycles. The van der Waals surface area contributed by atoms with Crippen molar-refractivity contribution < 1.29 is 9.53 Å². The third-order valence-electron chi connectivity index (χ3n) is 3.77. The van der Waals surface area contributed by atoms with E-state index in [1.54, 1.807) is 13.8 Å². The van der Waals surface area contributed by atoms with Gasteiger partial charge in [-0.25, -0.2) is 0 Å². The van der Waals surface area contributed by atoms with Crippen molar-refractivity contribution in [3.63, 3.8) is 0 Å². The van der Waals surface area contributed by atoms with Gasteiger partial charge in [0.1, 0.15) is 5.60 Å². The first kappa shape index (κ1) is 15.4. The summed E-state index contributed by atoms with van der Waals surface area (Å²) in [5, 5.41) is 5.76. The smallest absolute Gasteiger partial charge is 0.151 e. The molecule has 1 aromatic heterocycles. The molecule has 0 aliphatic carbocycles. The van der Waals surface area contributed by atoms with Crippen LogP contribution in [0.3, 0.4) is 0 Å². The quantitative estimate of drug-likeness (QED) is 0.654. The van der Waals surface area contributed by atoms with Gasteiger partial charge in [-0.05, 0) is 25.5 Å². The number of ether oxygens (including phenoxy) is 1. The van der Waals surface area contributed by atoms with Crippen LogP contribution in [0.25, 0.3) is 10.9 Å². The number of carbonyl (C=O) groups excluding carboxylic acids is 1. The minimum absolute atomic E-state index is 0.314. The van der Waals surface area contributed by atoms with Crippen LogP contribution in [-0.4, -0.2) is 21.7 Å². The van der Waals surface area contributed by atoms with Crippen molar-refractivity contribution in [2.45, 2.75) is 32.6 Å². The first-order valence-electron chi connectivity index (χ1n) is 7.68. The lowest BCUT2D eigenvalue weighted by Gasteiger charge is -2.16. The molecule has 118 valence electrons. The van der Waals surface area contributed by atoms with Gasteiger partial charge in [0.15, 0.2) is 6.29 Å². The highest BCUT2D eigenvalue weighted by atomic mass is 16.5. The topological polar surface area (TPSA) is 44.1 Å². The summed E-state index contributed by atoms with van der Waals surface area (Å²) in [6, 6.07) is 18.3. The molecule has 4 nitrogen and oxygen atoms in total. The van der Waals surface area contributed by atoms with E-state index < -0.39 is 5.60 Å². The van der Waals surface area contributed by atoms with Crippen molar-refractivity contribution in [2.24, 2.45) is 0 Å². The minimum atomic E-state index is -0.801. The number of aromatic nitrogens is 2. The maximum Gasteiger partial charge on any atom is 0.151 e. The van der Waals surface area contributed by atoms with Crippen LogP contribution < -0.4 is 0 Å². The van der Waals surface area contributed by atoms with Gasteiger partial charge >= 0.3 is 0 Å². The molecule has 0 atom stereocenters. The summed E-state index contributed by atoms with van der Waals surface area (Å²) >= 11 is 0. The van der Waals surface area contributed by atoms with Crippen LogP contribution in [0.4, 0.5) is 0 Å². The molecule has 3 aromatic rings. The lowest BCUT2D eigenvalue weighted by molar-refractivity contribution is -0.128. The Labute approximate surface area is 135 Å². The van der Waals surface area contributed by atoms with Crippen LogP contribution in [0.2, 0.25) is 0 Å². The number of rotatable bonds is 6. The van der Waals surface area contributed by atoms with E-state index in [0.29, 0.717) is 13.2 Å². The molecule has 0 fully saturated rings. The number of benzene rings is 2. The van der Waals surface area contributed by atoms with E-state index in [1.807, 2.05) is 41.1 Å². The Bertz CT molecular complexity index is 807. The lowest BCUT2D eigenvalue weighted by atomic mass is 10.1. The van der Waals surface area contributed by atoms with Crippen molar-refractivity contribution in [1.82, 2.24) is 9.78 Å². The lowest BCUT2D eigenvalue weighted by Crippen LogP contribution is -2.25. The Balaban J connectivity index is 1.92. The molecule has 0 radical (unpaired) electrons. The summed E-state index contributed by atoms with van der Waals surface area (Å²) in [5.41, 5.74) is 2.32. The van der Waals surface area contributed by atoms with Gasteiger partial charge in [-0.1, -0.05) is 48.5 Å². The predicted molar refractivity (Wildman–Crippen MR) is 90.2 cm³/mol. The van der Waals surface area contributed by atoms with Gasteiger partial charge in [-0.3, -0.25) is 4.68 Å². The molecular weight excluding hydrogens is 288 g/mol. The SMILES string of the molecule is CC(C)(C=O)OCc1nn(Cc2ccccc2)c2ccccc12. The molecule has 4 heteroatoms. The molecule has 0 bridgehead atoms. The third-order valence-corrected chi connectivity index (χ3v) is 3.77. The molecule has 1 heterocycles. The standard InChI is InChI=1S/C19H20N2O2/c1-19(2,14-22)23-13-17-16-10-6-7-11-18(16)21(20-17)12-15-8-4-3-5-9-15/h3-11,14H,12-13H2,1-2H3. The second-order valence-corrected chi connectivity index (χ2v) is 6.12. The molecule has 0 N–H and O–H groups in total. The Morgan fingerprint density at radius 3 is 2.52 bits per heavy atom. The Morgan fingerprint density at radius 1 is 1.09 bits per heavy atom. The van der Waals surface area contributed by atoms with E-state index in [0.717, 1.165) is 22.9 Å². The molecule has 0 saturated carbocycles. The van der Waals surface area contributed by atoms with E-state index in [1.165, 1.54) is 5.56 Å². The number of para-hydroxylation sites is 1. The fraction of sp³-hybridized carbons (Fsp3) is 0.263. The van der Waals surface area contributed by atoms with Crippen LogP contribution in [0.1, 0.15) is 25.1 Å². The summed E-state index contributed by atoms with van der Waals surface area (Å²) in [7, 11) is 0. The average molecular weight is 308 g/mol. The Morgan fingerprint density at radius 2 is 1.78 bits per heavy atom. The van der Waals surface area contributed by atoms with Crippen LogP contribution in [-0.2, 0) is 22.7 Å². The van der Waals surface area contributed by atoms with Crippen molar-refractivity contribution in [3.05, 3.63) is 65.9 Å². The molecule has 0 saturated heterocycles. The molecular formula is C19H20N2O2. The van der Waals surface area contributed by atoms with Gasteiger partial charge in [0.25, 0.3) is 0 Å². The zero-order valence-electron chi connectivity index (χ0n) is 13.4. The van der Waals surface area contributed by atoms with E-state index in [4.69, 9.17) is 9.84 Å². The van der Waals surface area contributed by atoms with Gasteiger partial charge in [0, 0.05) is 5.39 Å². The minimum Gasteiger partial charge on any atom is -0.362 e. The maximum atomic E-state index is 11.0.